The van der Waals surface area contributed by atoms with E-state index in [2.05, 4.69) is 45.3 Å². The fraction of sp³-hybridized carbons (Fsp3) is 0.692. The summed E-state index contributed by atoms with van der Waals surface area (Å²) < 4.78 is 0. The maximum atomic E-state index is 14.0. The van der Waals surface area contributed by atoms with Gasteiger partial charge < -0.3 is 36.6 Å². The minimum atomic E-state index is -1.44. The van der Waals surface area contributed by atoms with Crippen molar-refractivity contribution in [2.24, 2.45) is 11.8 Å². The first-order valence-electron chi connectivity index (χ1n) is 19.6. The molecule has 1 aromatic rings. The Morgan fingerprint density at radius 3 is 1.91 bits per heavy atom. The van der Waals surface area contributed by atoms with Gasteiger partial charge in [0.05, 0.1) is 6.61 Å². The Kier molecular flexibility index (Phi) is 21.4. The first kappa shape index (κ1) is 46.1. The third-order valence-corrected chi connectivity index (χ3v) is 9.88. The molecule has 6 amide bonds. The van der Waals surface area contributed by atoms with Gasteiger partial charge in [0.1, 0.15) is 30.2 Å². The van der Waals surface area contributed by atoms with Crippen molar-refractivity contribution < 1.29 is 39.1 Å². The fourth-order valence-electron chi connectivity index (χ4n) is 6.66. The van der Waals surface area contributed by atoms with Crippen molar-refractivity contribution in [3.63, 3.8) is 0 Å². The molecule has 0 radical (unpaired) electrons. The molecule has 2 rings (SSSR count). The predicted molar refractivity (Wildman–Crippen MR) is 205 cm³/mol. The topological polar surface area (TPSA) is 218 Å². The highest BCUT2D eigenvalue weighted by Crippen LogP contribution is 2.27. The summed E-state index contributed by atoms with van der Waals surface area (Å²) in [5.74, 6) is -3.52. The van der Waals surface area contributed by atoms with E-state index in [1.54, 1.807) is 0 Å². The minimum absolute atomic E-state index is 0.0803. The summed E-state index contributed by atoms with van der Waals surface area (Å²) in [6.45, 7) is 11.2. The summed E-state index contributed by atoms with van der Waals surface area (Å²) in [6.07, 6.45) is 7.14. The van der Waals surface area contributed by atoms with Crippen molar-refractivity contribution in [3.8, 4) is 0 Å². The maximum Gasteiger partial charge on any atom is 0.268 e. The molecule has 15 heteroatoms. The van der Waals surface area contributed by atoms with Crippen molar-refractivity contribution in [1.29, 1.82) is 0 Å². The van der Waals surface area contributed by atoms with Gasteiger partial charge in [0, 0.05) is 12.8 Å². The number of nitrogens with one attached hydrogen (secondary N) is 6. The van der Waals surface area contributed by atoms with Gasteiger partial charge in [-0.2, -0.15) is 0 Å². The van der Waals surface area contributed by atoms with Gasteiger partial charge in [-0.25, -0.2) is 5.48 Å². The minimum Gasteiger partial charge on any atom is -0.394 e. The zero-order valence-electron chi connectivity index (χ0n) is 32.8. The molecule has 1 aliphatic carbocycles. The number of amides is 6. The molecule has 3 unspecified atom stereocenters. The van der Waals surface area contributed by atoms with Crippen LogP contribution >= 0.6 is 0 Å². The van der Waals surface area contributed by atoms with Crippen molar-refractivity contribution >= 4 is 35.4 Å². The lowest BCUT2D eigenvalue weighted by Crippen LogP contribution is -2.59. The molecule has 5 atom stereocenters. The molecule has 1 fully saturated rings. The second-order valence-corrected chi connectivity index (χ2v) is 14.7. The lowest BCUT2D eigenvalue weighted by Gasteiger charge is -2.29. The molecular formula is C39H65N7O8. The van der Waals surface area contributed by atoms with Gasteiger partial charge in [-0.15, -0.1) is 0 Å². The van der Waals surface area contributed by atoms with Crippen LogP contribution in [-0.4, -0.2) is 107 Å². The number of aliphatic hydroxyl groups excluding tert-OH is 1. The van der Waals surface area contributed by atoms with Crippen LogP contribution in [0.5, 0.6) is 0 Å². The summed E-state index contributed by atoms with van der Waals surface area (Å²) >= 11 is 0. The molecule has 0 bridgehead atoms. The molecule has 0 aliphatic heterocycles. The molecule has 15 nitrogen and oxygen atoms in total. The monoisotopic (exact) mass is 759 g/mol. The summed E-state index contributed by atoms with van der Waals surface area (Å²) in [4.78, 5) is 81.6. The standard InChI is InChI=1S/C39H65N7O8/c1-6-46(7-2)21-15-14-20-30(36(50)44-33(25-47)39(53)45-54)42-38(52)32(24-29-18-12-9-13-19-29)43-35(49)27(5)40-37(51)31(41-34(48)22-26(3)4)23-28-16-10-8-11-17-28/h8,10-11,16-17,26-27,29-33,47,54H,6-7,9,12-15,18-25H2,1-5H3,(H,40,51)(H,41,48)(H,42,52)(H,43,49)(H,44,50)(H,45,53)/t27-,30-,31?,32?,33?/m0/s1. The second-order valence-electron chi connectivity index (χ2n) is 14.7. The number of benzene rings is 1. The number of carbonyl (C=O) groups is 6. The van der Waals surface area contributed by atoms with Gasteiger partial charge in [0.2, 0.25) is 29.5 Å². The number of unbranched alkanes of at least 4 members (excludes halogenated alkanes) is 1. The molecule has 0 heterocycles. The van der Waals surface area contributed by atoms with Gasteiger partial charge in [0.15, 0.2) is 0 Å². The van der Waals surface area contributed by atoms with Crippen molar-refractivity contribution in [2.45, 2.75) is 135 Å². The number of aliphatic hydroxyl groups is 1. The zero-order valence-corrected chi connectivity index (χ0v) is 32.8. The Morgan fingerprint density at radius 1 is 0.722 bits per heavy atom. The number of hydrogen-bond acceptors (Lipinski definition) is 9. The van der Waals surface area contributed by atoms with Gasteiger partial charge >= 0.3 is 0 Å². The summed E-state index contributed by atoms with van der Waals surface area (Å²) in [7, 11) is 0. The molecule has 0 spiro atoms. The fourth-order valence-corrected chi connectivity index (χ4v) is 6.66. The third-order valence-electron chi connectivity index (χ3n) is 9.88. The lowest BCUT2D eigenvalue weighted by atomic mass is 9.84. The van der Waals surface area contributed by atoms with E-state index in [4.69, 9.17) is 5.21 Å². The lowest BCUT2D eigenvalue weighted by molar-refractivity contribution is -0.137. The highest BCUT2D eigenvalue weighted by molar-refractivity contribution is 5.96. The Bertz CT molecular complexity index is 1320. The highest BCUT2D eigenvalue weighted by Gasteiger charge is 2.33. The van der Waals surface area contributed by atoms with Crippen LogP contribution in [0.15, 0.2) is 30.3 Å². The van der Waals surface area contributed by atoms with E-state index in [0.29, 0.717) is 12.8 Å². The predicted octanol–water partition coefficient (Wildman–Crippen LogP) is 1.70. The summed E-state index contributed by atoms with van der Waals surface area (Å²) in [5, 5.41) is 32.2. The molecule has 8 N–H and O–H groups in total. The Hall–Kier alpha value is -4.08. The Labute approximate surface area is 320 Å². The molecule has 54 heavy (non-hydrogen) atoms. The van der Waals surface area contributed by atoms with E-state index < -0.39 is 66.4 Å². The van der Waals surface area contributed by atoms with Gasteiger partial charge in [0.25, 0.3) is 5.91 Å². The smallest absolute Gasteiger partial charge is 0.268 e. The molecule has 1 aromatic carbocycles. The summed E-state index contributed by atoms with van der Waals surface area (Å²) in [5.41, 5.74) is 2.25. The number of carbonyl (C=O) groups excluding carboxylic acids is 6. The molecule has 1 aliphatic rings. The molecule has 1 saturated carbocycles. The van der Waals surface area contributed by atoms with E-state index in [0.717, 1.165) is 63.7 Å². The van der Waals surface area contributed by atoms with E-state index in [1.165, 1.54) is 12.4 Å². The molecule has 304 valence electrons. The van der Waals surface area contributed by atoms with E-state index >= 15 is 0 Å². The van der Waals surface area contributed by atoms with Gasteiger partial charge in [-0.3, -0.25) is 34.0 Å². The van der Waals surface area contributed by atoms with Crippen LogP contribution in [-0.2, 0) is 35.2 Å². The number of hydroxylamine groups is 1. The quantitative estimate of drug-likeness (QED) is 0.0437. The van der Waals surface area contributed by atoms with E-state index in [9.17, 15) is 33.9 Å². The average molecular weight is 760 g/mol. The second kappa shape index (κ2) is 25.1. The third kappa shape index (κ3) is 16.9. The summed E-state index contributed by atoms with van der Waals surface area (Å²) in [6, 6.07) is 3.64. The zero-order chi connectivity index (χ0) is 40.0. The number of rotatable bonds is 24. The molecule has 0 saturated heterocycles. The van der Waals surface area contributed by atoms with Crippen LogP contribution in [0.4, 0.5) is 0 Å². The highest BCUT2D eigenvalue weighted by atomic mass is 16.5. The molecule has 0 aromatic heterocycles. The SMILES string of the molecule is CCN(CC)CCCC[C@H](NC(=O)C(CC1CCCCC1)NC(=O)[C@H](C)NC(=O)C(Cc1ccccc1)NC(=O)CC(C)C)C(=O)NC(CO)C(=O)NO. The van der Waals surface area contributed by atoms with Crippen LogP contribution in [0.3, 0.4) is 0 Å². The molecular weight excluding hydrogens is 694 g/mol. The van der Waals surface area contributed by atoms with Crippen LogP contribution in [0.1, 0.15) is 104 Å². The van der Waals surface area contributed by atoms with Crippen molar-refractivity contribution in [3.05, 3.63) is 35.9 Å². The van der Waals surface area contributed by atoms with Crippen LogP contribution in [0, 0.1) is 11.8 Å². The number of hydrogen-bond donors (Lipinski definition) is 8. The first-order chi connectivity index (χ1) is 25.8. The van der Waals surface area contributed by atoms with Gasteiger partial charge in [-0.05, 0) is 69.6 Å². The van der Waals surface area contributed by atoms with Crippen LogP contribution in [0.2, 0.25) is 0 Å². The Balaban J connectivity index is 2.25. The Morgan fingerprint density at radius 2 is 1.31 bits per heavy atom. The van der Waals surface area contributed by atoms with Crippen LogP contribution < -0.4 is 32.1 Å². The van der Waals surface area contributed by atoms with E-state index in [1.807, 2.05) is 44.2 Å². The van der Waals surface area contributed by atoms with Crippen LogP contribution in [0.25, 0.3) is 0 Å². The average Bonchev–Trinajstić information content (AvgIpc) is 3.15. The largest absolute Gasteiger partial charge is 0.394 e. The first-order valence-corrected chi connectivity index (χ1v) is 19.6. The normalized spacial score (nSPS) is 16.0. The maximum absolute atomic E-state index is 14.0. The van der Waals surface area contributed by atoms with E-state index in [-0.39, 0.29) is 37.0 Å². The van der Waals surface area contributed by atoms with Gasteiger partial charge in [-0.1, -0.05) is 90.1 Å². The van der Waals surface area contributed by atoms with Crippen molar-refractivity contribution in [2.75, 3.05) is 26.2 Å². The van der Waals surface area contributed by atoms with Crippen molar-refractivity contribution in [1.82, 2.24) is 37.0 Å². The number of nitrogens with zero attached hydrogens (tertiary/aromatic N) is 1.